The van der Waals surface area contributed by atoms with E-state index in [2.05, 4.69) is 10.6 Å². The van der Waals surface area contributed by atoms with Crippen molar-refractivity contribution in [2.75, 3.05) is 20.3 Å². The number of hydrogen-bond donors (Lipinski definition) is 5. The molecule has 1 aliphatic heterocycles. The van der Waals surface area contributed by atoms with Gasteiger partial charge in [0.05, 0.1) is 13.2 Å². The average molecular weight is 354 g/mol. The van der Waals surface area contributed by atoms with Crippen LogP contribution in [0, 0.1) is 0 Å². The molecule has 1 fully saturated rings. The number of aliphatic hydroxyl groups excluding tert-OH is 3. The molecule has 2 rings (SSSR count). The van der Waals surface area contributed by atoms with Gasteiger partial charge in [-0.25, -0.2) is 4.79 Å². The molecular weight excluding hydrogens is 332 g/mol. The molecule has 1 saturated heterocycles. The van der Waals surface area contributed by atoms with Crippen LogP contribution in [0.1, 0.15) is 10.4 Å². The van der Waals surface area contributed by atoms with E-state index in [1.54, 1.807) is 30.3 Å². The maximum atomic E-state index is 12.0. The Morgan fingerprint density at radius 2 is 1.88 bits per heavy atom. The van der Waals surface area contributed by atoms with E-state index < -0.39 is 43.3 Å². The molecule has 1 aromatic rings. The summed E-state index contributed by atoms with van der Waals surface area (Å²) in [6.07, 6.45) is -4.90. The van der Waals surface area contributed by atoms with Gasteiger partial charge in [0, 0.05) is 12.7 Å². The van der Waals surface area contributed by atoms with Gasteiger partial charge in [-0.05, 0) is 0 Å². The Morgan fingerprint density at radius 1 is 1.20 bits per heavy atom. The fourth-order valence-electron chi connectivity index (χ4n) is 2.53. The number of urea groups is 1. The number of benzene rings is 1. The minimum atomic E-state index is -1.41. The largest absolute Gasteiger partial charge is 0.394 e. The van der Waals surface area contributed by atoms with Crippen LogP contribution in [0.5, 0.6) is 0 Å². The van der Waals surface area contributed by atoms with E-state index >= 15 is 0 Å². The second-order valence-corrected chi connectivity index (χ2v) is 5.58. The van der Waals surface area contributed by atoms with Crippen LogP contribution >= 0.6 is 0 Å². The van der Waals surface area contributed by atoms with Crippen molar-refractivity contribution >= 4 is 11.8 Å². The summed E-state index contributed by atoms with van der Waals surface area (Å²) in [5.74, 6) is -0.278. The third kappa shape index (κ3) is 4.74. The third-order valence-electron chi connectivity index (χ3n) is 3.92. The number of rotatable bonds is 6. The lowest BCUT2D eigenvalue weighted by Crippen LogP contribution is -2.65. The summed E-state index contributed by atoms with van der Waals surface area (Å²) in [5, 5.41) is 33.9. The van der Waals surface area contributed by atoms with E-state index in [4.69, 9.17) is 14.6 Å². The number of Topliss-reactive ketones (excluding diaryl/α,β-unsaturated/α-hetero) is 1. The van der Waals surface area contributed by atoms with Crippen LogP contribution in [-0.4, -0.2) is 78.0 Å². The molecule has 9 nitrogen and oxygen atoms in total. The van der Waals surface area contributed by atoms with Gasteiger partial charge in [-0.15, -0.1) is 0 Å². The van der Waals surface area contributed by atoms with Crippen LogP contribution in [0.25, 0.3) is 0 Å². The zero-order valence-corrected chi connectivity index (χ0v) is 13.7. The fraction of sp³-hybridized carbons (Fsp3) is 0.500. The van der Waals surface area contributed by atoms with Crippen LogP contribution in [0.4, 0.5) is 4.79 Å². The molecule has 0 spiro atoms. The van der Waals surface area contributed by atoms with Crippen LogP contribution < -0.4 is 10.6 Å². The summed E-state index contributed by atoms with van der Waals surface area (Å²) in [4.78, 5) is 23.9. The predicted octanol–water partition coefficient (Wildman–Crippen LogP) is -1.38. The predicted molar refractivity (Wildman–Crippen MR) is 85.9 cm³/mol. The lowest BCUT2D eigenvalue weighted by atomic mass is 9.97. The van der Waals surface area contributed by atoms with Crippen LogP contribution in [0.3, 0.4) is 0 Å². The summed E-state index contributed by atoms with van der Waals surface area (Å²) in [6.45, 7) is -0.748. The summed E-state index contributed by atoms with van der Waals surface area (Å²) in [7, 11) is 1.30. The van der Waals surface area contributed by atoms with Gasteiger partial charge in [-0.1, -0.05) is 30.3 Å². The Kier molecular flexibility index (Phi) is 6.85. The second-order valence-electron chi connectivity index (χ2n) is 5.58. The lowest BCUT2D eigenvalue weighted by molar-refractivity contribution is -0.261. The number of methoxy groups -OCH3 is 1. The quantitative estimate of drug-likeness (QED) is 0.397. The number of carbonyl (C=O) groups excluding carboxylic acids is 2. The number of carbonyl (C=O) groups is 2. The van der Waals surface area contributed by atoms with Gasteiger partial charge < -0.3 is 35.4 Å². The summed E-state index contributed by atoms with van der Waals surface area (Å²) in [5.41, 5.74) is 0.458. The zero-order chi connectivity index (χ0) is 18.4. The highest BCUT2D eigenvalue weighted by atomic mass is 16.7. The highest BCUT2D eigenvalue weighted by Crippen LogP contribution is 2.21. The molecule has 0 aromatic heterocycles. The van der Waals surface area contributed by atoms with E-state index in [-0.39, 0.29) is 12.3 Å². The Labute approximate surface area is 144 Å². The molecule has 138 valence electrons. The lowest BCUT2D eigenvalue weighted by Gasteiger charge is -2.41. The highest BCUT2D eigenvalue weighted by Gasteiger charge is 2.45. The maximum Gasteiger partial charge on any atom is 0.315 e. The van der Waals surface area contributed by atoms with Crippen molar-refractivity contribution in [3.63, 3.8) is 0 Å². The molecule has 0 radical (unpaired) electrons. The first-order valence-electron chi connectivity index (χ1n) is 7.75. The molecule has 0 saturated carbocycles. The van der Waals surface area contributed by atoms with Crippen LogP contribution in [-0.2, 0) is 9.47 Å². The highest BCUT2D eigenvalue weighted by molar-refractivity contribution is 5.99. The van der Waals surface area contributed by atoms with E-state index in [0.717, 1.165) is 0 Å². The molecule has 1 heterocycles. The Hall–Kier alpha value is -2.04. The molecule has 1 aromatic carbocycles. The summed E-state index contributed by atoms with van der Waals surface area (Å²) < 4.78 is 10.3. The number of ether oxygens (including phenoxy) is 2. The standard InChI is InChI=1S/C16H22N2O7/c1-24-15-12(14(22)13(21)11(8-19)25-15)18-16(23)17-7-10(20)9-5-3-2-4-6-9/h2-6,11-15,19,21-22H,7-8H2,1H3,(H2,17,18,23). The Balaban J connectivity index is 1.91. The number of ketones is 1. The van der Waals surface area contributed by atoms with Gasteiger partial charge in [0.15, 0.2) is 12.1 Å². The monoisotopic (exact) mass is 354 g/mol. The van der Waals surface area contributed by atoms with Gasteiger partial charge in [-0.2, -0.15) is 0 Å². The number of amides is 2. The second kappa shape index (κ2) is 8.88. The van der Waals surface area contributed by atoms with Gasteiger partial charge in [0.25, 0.3) is 0 Å². The van der Waals surface area contributed by atoms with Gasteiger partial charge in [0.2, 0.25) is 0 Å². The van der Waals surface area contributed by atoms with Gasteiger partial charge in [0.1, 0.15) is 24.4 Å². The van der Waals surface area contributed by atoms with Crippen molar-refractivity contribution in [1.82, 2.24) is 10.6 Å². The Morgan fingerprint density at radius 3 is 2.48 bits per heavy atom. The third-order valence-corrected chi connectivity index (χ3v) is 3.92. The molecule has 25 heavy (non-hydrogen) atoms. The first kappa shape index (κ1) is 19.3. The van der Waals surface area contributed by atoms with Crippen molar-refractivity contribution in [3.05, 3.63) is 35.9 Å². The number of hydrogen-bond acceptors (Lipinski definition) is 7. The minimum Gasteiger partial charge on any atom is -0.394 e. The zero-order valence-electron chi connectivity index (χ0n) is 13.7. The topological polar surface area (TPSA) is 137 Å². The molecule has 5 atom stereocenters. The van der Waals surface area contributed by atoms with E-state index in [9.17, 15) is 19.8 Å². The molecule has 9 heteroatoms. The van der Waals surface area contributed by atoms with Gasteiger partial charge >= 0.3 is 6.03 Å². The first-order valence-corrected chi connectivity index (χ1v) is 7.75. The van der Waals surface area contributed by atoms with Crippen molar-refractivity contribution in [3.8, 4) is 0 Å². The number of aliphatic hydroxyl groups is 3. The average Bonchev–Trinajstić information content (AvgIpc) is 2.64. The van der Waals surface area contributed by atoms with Crippen molar-refractivity contribution < 1.29 is 34.4 Å². The van der Waals surface area contributed by atoms with Crippen LogP contribution in [0.15, 0.2) is 30.3 Å². The SMILES string of the molecule is COC1OC(CO)C(O)C(O)C1NC(=O)NCC(=O)c1ccccc1. The normalized spacial score (nSPS) is 29.0. The fourth-order valence-corrected chi connectivity index (χ4v) is 2.53. The molecule has 0 bridgehead atoms. The molecule has 2 amide bonds. The number of nitrogens with one attached hydrogen (secondary N) is 2. The summed E-state index contributed by atoms with van der Waals surface area (Å²) in [6, 6.07) is 6.66. The molecular formula is C16H22N2O7. The van der Waals surface area contributed by atoms with Crippen molar-refractivity contribution in [2.45, 2.75) is 30.6 Å². The first-order chi connectivity index (χ1) is 12.0. The van der Waals surface area contributed by atoms with E-state index in [1.165, 1.54) is 7.11 Å². The molecule has 5 unspecified atom stereocenters. The van der Waals surface area contributed by atoms with Gasteiger partial charge in [-0.3, -0.25) is 4.79 Å². The van der Waals surface area contributed by atoms with E-state index in [1.807, 2.05) is 0 Å². The molecule has 0 aliphatic carbocycles. The smallest absolute Gasteiger partial charge is 0.315 e. The van der Waals surface area contributed by atoms with E-state index in [0.29, 0.717) is 5.56 Å². The van der Waals surface area contributed by atoms with Crippen molar-refractivity contribution in [1.29, 1.82) is 0 Å². The Bertz CT molecular complexity index is 581. The van der Waals surface area contributed by atoms with Crippen molar-refractivity contribution in [2.24, 2.45) is 0 Å². The van der Waals surface area contributed by atoms with Crippen LogP contribution in [0.2, 0.25) is 0 Å². The minimum absolute atomic E-state index is 0.237. The maximum absolute atomic E-state index is 12.0. The molecule has 5 N–H and O–H groups in total. The summed E-state index contributed by atoms with van der Waals surface area (Å²) >= 11 is 0. The molecule has 1 aliphatic rings.